The van der Waals surface area contributed by atoms with Crippen LogP contribution in [0.2, 0.25) is 5.02 Å². The molecule has 0 aliphatic heterocycles. The third-order valence-electron chi connectivity index (χ3n) is 3.35. The van der Waals surface area contributed by atoms with E-state index in [0.29, 0.717) is 0 Å². The topological polar surface area (TPSA) is 29.9 Å². The highest BCUT2D eigenvalue weighted by Gasteiger charge is 2.25. The molecule has 0 radical (unpaired) electrons. The van der Waals surface area contributed by atoms with E-state index in [1.54, 1.807) is 0 Å². The van der Waals surface area contributed by atoms with Gasteiger partial charge in [0.1, 0.15) is 0 Å². The van der Waals surface area contributed by atoms with Crippen LogP contribution in [-0.2, 0) is 19.9 Å². The van der Waals surface area contributed by atoms with Gasteiger partial charge in [0.05, 0.1) is 16.4 Å². The summed E-state index contributed by atoms with van der Waals surface area (Å²) in [6.45, 7) is 12.2. The number of hydrogen-bond donors (Lipinski definition) is 1. The molecule has 3 nitrogen and oxygen atoms in total. The number of aromatic nitrogens is 2. The number of hydrogen-bond acceptors (Lipinski definition) is 2. The number of rotatable bonds is 7. The second kappa shape index (κ2) is 6.39. The van der Waals surface area contributed by atoms with Gasteiger partial charge in [-0.15, -0.1) is 6.58 Å². The number of nitrogens with zero attached hydrogens (tertiary/aromatic N) is 2. The van der Waals surface area contributed by atoms with Crippen molar-refractivity contribution in [3.63, 3.8) is 0 Å². The smallest absolute Gasteiger partial charge is 0.0850 e. The van der Waals surface area contributed by atoms with E-state index in [-0.39, 0.29) is 5.41 Å². The summed E-state index contributed by atoms with van der Waals surface area (Å²) < 4.78 is 1.90. The first kappa shape index (κ1) is 15.3. The Morgan fingerprint density at radius 3 is 2.61 bits per heavy atom. The first-order valence-electron chi connectivity index (χ1n) is 6.52. The van der Waals surface area contributed by atoms with Crippen LogP contribution in [0.1, 0.15) is 32.2 Å². The van der Waals surface area contributed by atoms with Crippen LogP contribution in [0.3, 0.4) is 0 Å². The van der Waals surface area contributed by atoms with Crippen LogP contribution < -0.4 is 5.32 Å². The Kier molecular flexibility index (Phi) is 5.42. The van der Waals surface area contributed by atoms with Crippen LogP contribution >= 0.6 is 11.6 Å². The molecule has 0 aromatic carbocycles. The molecular weight excluding hydrogens is 246 g/mol. The molecule has 4 heteroatoms. The number of nitrogens with one attached hydrogen (secondary N) is 1. The van der Waals surface area contributed by atoms with Crippen molar-refractivity contribution in [1.29, 1.82) is 0 Å². The fraction of sp³-hybridized carbons (Fsp3) is 0.643. The van der Waals surface area contributed by atoms with Crippen LogP contribution in [0.15, 0.2) is 12.7 Å². The molecule has 1 aromatic heterocycles. The van der Waals surface area contributed by atoms with Gasteiger partial charge in [-0.2, -0.15) is 5.10 Å². The lowest BCUT2D eigenvalue weighted by atomic mass is 9.85. The summed E-state index contributed by atoms with van der Waals surface area (Å²) in [6.07, 6.45) is 3.72. The number of halogens is 1. The van der Waals surface area contributed by atoms with Gasteiger partial charge in [0, 0.05) is 25.4 Å². The molecule has 18 heavy (non-hydrogen) atoms. The Morgan fingerprint density at radius 2 is 2.17 bits per heavy atom. The first-order valence-corrected chi connectivity index (χ1v) is 6.89. The molecule has 102 valence electrons. The van der Waals surface area contributed by atoms with Gasteiger partial charge in [0.15, 0.2) is 0 Å². The molecule has 1 rings (SSSR count). The molecule has 1 heterocycles. The van der Waals surface area contributed by atoms with Crippen molar-refractivity contribution in [3.05, 3.63) is 29.1 Å². The maximum atomic E-state index is 6.39. The van der Waals surface area contributed by atoms with Crippen molar-refractivity contribution in [3.8, 4) is 0 Å². The van der Waals surface area contributed by atoms with E-state index < -0.39 is 0 Å². The highest BCUT2D eigenvalue weighted by atomic mass is 35.5. The van der Waals surface area contributed by atoms with E-state index in [1.807, 2.05) is 17.8 Å². The molecule has 0 fully saturated rings. The summed E-state index contributed by atoms with van der Waals surface area (Å²) in [5.74, 6) is 0. The lowest BCUT2D eigenvalue weighted by Crippen LogP contribution is -2.32. The molecular formula is C14H24ClN3. The Hall–Kier alpha value is -0.800. The third-order valence-corrected chi connectivity index (χ3v) is 3.78. The van der Waals surface area contributed by atoms with Gasteiger partial charge in [0.2, 0.25) is 0 Å². The highest BCUT2D eigenvalue weighted by molar-refractivity contribution is 6.31. The molecule has 1 unspecified atom stereocenters. The third kappa shape index (κ3) is 3.36. The zero-order valence-electron chi connectivity index (χ0n) is 11.9. The lowest BCUT2D eigenvalue weighted by Gasteiger charge is -2.26. The van der Waals surface area contributed by atoms with Crippen molar-refractivity contribution in [2.24, 2.45) is 12.5 Å². The van der Waals surface area contributed by atoms with Gasteiger partial charge in [-0.05, 0) is 13.0 Å². The normalized spacial score (nSPS) is 14.5. The second-order valence-corrected chi connectivity index (χ2v) is 5.38. The average Bonchev–Trinajstić information content (AvgIpc) is 2.63. The van der Waals surface area contributed by atoms with Crippen molar-refractivity contribution in [1.82, 2.24) is 15.1 Å². The van der Waals surface area contributed by atoms with E-state index in [1.165, 1.54) is 0 Å². The quantitative estimate of drug-likeness (QED) is 0.772. The van der Waals surface area contributed by atoms with E-state index in [9.17, 15) is 0 Å². The zero-order valence-corrected chi connectivity index (χ0v) is 12.6. The maximum absolute atomic E-state index is 6.39. The molecule has 0 bridgehead atoms. The lowest BCUT2D eigenvalue weighted by molar-refractivity contribution is 0.385. The molecule has 0 aliphatic rings. The first-order chi connectivity index (χ1) is 8.47. The Labute approximate surface area is 115 Å². The molecule has 0 saturated heterocycles. The van der Waals surface area contributed by atoms with Crippen LogP contribution in [0.5, 0.6) is 0 Å². The molecule has 1 aromatic rings. The predicted octanol–water partition coefficient (Wildman–Crippen LogP) is 2.98. The van der Waals surface area contributed by atoms with Gasteiger partial charge in [0.25, 0.3) is 0 Å². The predicted molar refractivity (Wildman–Crippen MR) is 78.1 cm³/mol. The van der Waals surface area contributed by atoms with E-state index in [4.69, 9.17) is 11.6 Å². The fourth-order valence-electron chi connectivity index (χ4n) is 2.01. The summed E-state index contributed by atoms with van der Waals surface area (Å²) in [6, 6.07) is 0. The molecule has 1 atom stereocenters. The summed E-state index contributed by atoms with van der Waals surface area (Å²) in [7, 11) is 1.96. The van der Waals surface area contributed by atoms with E-state index in [2.05, 4.69) is 37.8 Å². The van der Waals surface area contributed by atoms with Crippen LogP contribution in [0.4, 0.5) is 0 Å². The van der Waals surface area contributed by atoms with Crippen LogP contribution in [0.25, 0.3) is 0 Å². The summed E-state index contributed by atoms with van der Waals surface area (Å²) in [5, 5.41) is 8.64. The van der Waals surface area contributed by atoms with Gasteiger partial charge >= 0.3 is 0 Å². The monoisotopic (exact) mass is 269 g/mol. The van der Waals surface area contributed by atoms with Crippen LogP contribution in [-0.4, -0.2) is 22.9 Å². The maximum Gasteiger partial charge on any atom is 0.0850 e. The molecule has 0 aliphatic carbocycles. The Balaban J connectivity index is 2.94. The molecule has 0 saturated carbocycles. The summed E-state index contributed by atoms with van der Waals surface area (Å²) in [5.41, 5.74) is 2.07. The van der Waals surface area contributed by atoms with Crippen molar-refractivity contribution >= 4 is 11.6 Å². The van der Waals surface area contributed by atoms with Crippen LogP contribution in [0, 0.1) is 5.41 Å². The largest absolute Gasteiger partial charge is 0.316 e. The van der Waals surface area contributed by atoms with Crippen molar-refractivity contribution in [2.45, 2.75) is 33.6 Å². The zero-order chi connectivity index (χ0) is 13.8. The molecule has 0 amide bonds. The SMILES string of the molecule is C=CC(C)(CNCC)Cc1c(Cl)c(CC)nn1C. The minimum Gasteiger partial charge on any atom is -0.316 e. The van der Waals surface area contributed by atoms with Gasteiger partial charge < -0.3 is 5.32 Å². The Morgan fingerprint density at radius 1 is 1.50 bits per heavy atom. The minimum atomic E-state index is -0.00153. The standard InChI is InChI=1S/C14H24ClN3/c1-6-11-13(15)12(18(5)17-11)9-14(4,7-2)10-16-8-3/h7,16H,2,6,8-10H2,1,3-5H3. The van der Waals surface area contributed by atoms with Gasteiger partial charge in [-0.25, -0.2) is 0 Å². The van der Waals surface area contributed by atoms with Crippen molar-refractivity contribution < 1.29 is 0 Å². The Bertz CT molecular complexity index is 411. The average molecular weight is 270 g/mol. The summed E-state index contributed by atoms with van der Waals surface area (Å²) in [4.78, 5) is 0. The van der Waals surface area contributed by atoms with E-state index >= 15 is 0 Å². The second-order valence-electron chi connectivity index (χ2n) is 5.00. The molecule has 1 N–H and O–H groups in total. The minimum absolute atomic E-state index is 0.00153. The molecule has 0 spiro atoms. The fourth-order valence-corrected chi connectivity index (χ4v) is 2.37. The highest BCUT2D eigenvalue weighted by Crippen LogP contribution is 2.29. The van der Waals surface area contributed by atoms with Gasteiger partial charge in [-0.1, -0.05) is 38.4 Å². The summed E-state index contributed by atoms with van der Waals surface area (Å²) >= 11 is 6.39. The van der Waals surface area contributed by atoms with E-state index in [0.717, 1.165) is 42.3 Å². The van der Waals surface area contributed by atoms with Gasteiger partial charge in [-0.3, -0.25) is 4.68 Å². The van der Waals surface area contributed by atoms with Crippen molar-refractivity contribution in [2.75, 3.05) is 13.1 Å². The number of aryl methyl sites for hydroxylation is 2.